The lowest BCUT2D eigenvalue weighted by atomic mass is 10.2. The molecule has 0 atom stereocenters. The van der Waals surface area contributed by atoms with Crippen molar-refractivity contribution in [2.75, 3.05) is 25.5 Å². The van der Waals surface area contributed by atoms with Crippen LogP contribution in [0.3, 0.4) is 0 Å². The Morgan fingerprint density at radius 1 is 1.38 bits per heavy atom. The second kappa shape index (κ2) is 6.81. The van der Waals surface area contributed by atoms with E-state index in [-0.39, 0.29) is 12.2 Å². The van der Waals surface area contributed by atoms with Crippen LogP contribution >= 0.6 is 0 Å². The molecule has 24 heavy (non-hydrogen) atoms. The Morgan fingerprint density at radius 2 is 2.08 bits per heavy atom. The lowest BCUT2D eigenvalue weighted by molar-refractivity contribution is -0.157. The van der Waals surface area contributed by atoms with Crippen molar-refractivity contribution in [3.8, 4) is 5.69 Å². The molecule has 0 saturated heterocycles. The average Bonchev–Trinajstić information content (AvgIpc) is 2.90. The number of benzene rings is 1. The lowest BCUT2D eigenvalue weighted by Crippen LogP contribution is -2.38. The number of hydrogen-bond acceptors (Lipinski definition) is 5. The van der Waals surface area contributed by atoms with Gasteiger partial charge in [-0.3, -0.25) is 4.79 Å². The number of tetrazole rings is 1. The number of carbonyl (C=O) groups excluding carboxylic acids is 1. The smallest absolute Gasteiger partial charge is 0.376 e. The maximum atomic E-state index is 13.9. The Bertz CT molecular complexity index is 729. The van der Waals surface area contributed by atoms with E-state index in [0.29, 0.717) is 16.4 Å². The van der Waals surface area contributed by atoms with Crippen LogP contribution in [0.1, 0.15) is 5.82 Å². The molecule has 0 radical (unpaired) electrons. The summed E-state index contributed by atoms with van der Waals surface area (Å²) in [5.41, 5.74) is 0.397. The first-order chi connectivity index (χ1) is 11.2. The van der Waals surface area contributed by atoms with Crippen molar-refractivity contribution < 1.29 is 22.4 Å². The zero-order valence-corrected chi connectivity index (χ0v) is 12.8. The number of nitrogens with zero attached hydrogens (tertiary/aromatic N) is 5. The second-order valence-electron chi connectivity index (χ2n) is 5.02. The van der Waals surface area contributed by atoms with Gasteiger partial charge in [-0.2, -0.15) is 17.9 Å². The summed E-state index contributed by atoms with van der Waals surface area (Å²) in [6.45, 7) is -0.132. The van der Waals surface area contributed by atoms with E-state index in [2.05, 4.69) is 20.8 Å². The number of aryl methyl sites for hydroxylation is 1. The van der Waals surface area contributed by atoms with E-state index in [0.717, 1.165) is 17.8 Å². The first kappa shape index (κ1) is 17.6. The minimum atomic E-state index is -4.47. The van der Waals surface area contributed by atoms with Gasteiger partial charge in [0, 0.05) is 12.7 Å². The highest BCUT2D eigenvalue weighted by molar-refractivity contribution is 5.80. The first-order valence-corrected chi connectivity index (χ1v) is 6.77. The number of aromatic nitrogens is 4. The summed E-state index contributed by atoms with van der Waals surface area (Å²) in [4.78, 5) is 12.2. The van der Waals surface area contributed by atoms with Gasteiger partial charge in [0.25, 0.3) is 0 Å². The molecule has 0 aliphatic rings. The highest BCUT2D eigenvalue weighted by Crippen LogP contribution is 2.19. The summed E-state index contributed by atoms with van der Waals surface area (Å²) in [5.74, 6) is -0.986. The molecule has 1 aromatic carbocycles. The minimum absolute atomic E-state index is 0.0543. The molecule has 2 rings (SSSR count). The molecule has 2 aromatic rings. The van der Waals surface area contributed by atoms with Gasteiger partial charge in [0.05, 0.1) is 6.54 Å². The number of likely N-dealkylation sites (N-methyl/N-ethyl adjacent to an activating group) is 1. The van der Waals surface area contributed by atoms with Crippen molar-refractivity contribution >= 4 is 11.6 Å². The third-order valence-electron chi connectivity index (χ3n) is 3.09. The normalized spacial score (nSPS) is 11.4. The van der Waals surface area contributed by atoms with Gasteiger partial charge in [-0.1, -0.05) is 0 Å². The van der Waals surface area contributed by atoms with Gasteiger partial charge in [0.1, 0.15) is 18.0 Å². The van der Waals surface area contributed by atoms with Crippen molar-refractivity contribution in [3.63, 3.8) is 0 Å². The molecule has 0 bridgehead atoms. The van der Waals surface area contributed by atoms with E-state index in [1.165, 1.54) is 12.1 Å². The van der Waals surface area contributed by atoms with Crippen LogP contribution in [0.5, 0.6) is 0 Å². The molecule has 0 aliphatic carbocycles. The Kier molecular flexibility index (Phi) is 5.00. The fourth-order valence-electron chi connectivity index (χ4n) is 1.91. The van der Waals surface area contributed by atoms with Gasteiger partial charge in [-0.15, -0.1) is 5.10 Å². The number of rotatable bonds is 5. The average molecular weight is 346 g/mol. The van der Waals surface area contributed by atoms with Crippen molar-refractivity contribution in [2.45, 2.75) is 13.1 Å². The van der Waals surface area contributed by atoms with Crippen molar-refractivity contribution in [1.82, 2.24) is 25.1 Å². The molecular formula is C13H14F4N6O. The van der Waals surface area contributed by atoms with Crippen LogP contribution in [-0.4, -0.2) is 57.3 Å². The van der Waals surface area contributed by atoms with Crippen molar-refractivity contribution in [3.05, 3.63) is 29.8 Å². The Morgan fingerprint density at radius 3 is 2.67 bits per heavy atom. The van der Waals surface area contributed by atoms with Gasteiger partial charge in [0.15, 0.2) is 5.82 Å². The standard InChI is InChI=1S/C13H14F4N6O/c1-8-19-20-21-23(8)11-5-9(3-4-10(11)14)18-6-12(24)22(2)7-13(15,16)17/h3-5,18H,6-7H2,1-2H3. The van der Waals surface area contributed by atoms with Crippen LogP contribution in [0.15, 0.2) is 18.2 Å². The molecule has 0 spiro atoms. The molecular weight excluding hydrogens is 332 g/mol. The first-order valence-electron chi connectivity index (χ1n) is 6.77. The van der Waals surface area contributed by atoms with Gasteiger partial charge in [0.2, 0.25) is 5.91 Å². The van der Waals surface area contributed by atoms with Crippen LogP contribution in [0.4, 0.5) is 23.2 Å². The Labute approximate surface area is 134 Å². The zero-order chi connectivity index (χ0) is 17.9. The van der Waals surface area contributed by atoms with Gasteiger partial charge < -0.3 is 10.2 Å². The quantitative estimate of drug-likeness (QED) is 0.832. The maximum Gasteiger partial charge on any atom is 0.406 e. The SMILES string of the molecule is Cc1nnnn1-c1cc(NCC(=O)N(C)CC(F)(F)F)ccc1F. The summed E-state index contributed by atoms with van der Waals surface area (Å²) in [7, 11) is 1.05. The number of amides is 1. The van der Waals surface area contributed by atoms with Gasteiger partial charge in [-0.25, -0.2) is 4.39 Å². The lowest BCUT2D eigenvalue weighted by Gasteiger charge is -2.19. The summed E-state index contributed by atoms with van der Waals surface area (Å²) < 4.78 is 51.8. The largest absolute Gasteiger partial charge is 0.406 e. The molecule has 1 amide bonds. The molecule has 0 aliphatic heterocycles. The Balaban J connectivity index is 2.06. The third kappa shape index (κ3) is 4.40. The number of alkyl halides is 3. The van der Waals surface area contributed by atoms with E-state index < -0.39 is 24.4 Å². The molecule has 130 valence electrons. The van der Waals surface area contributed by atoms with Crippen LogP contribution in [-0.2, 0) is 4.79 Å². The summed E-state index contributed by atoms with van der Waals surface area (Å²) in [6, 6.07) is 3.86. The molecule has 0 fully saturated rings. The summed E-state index contributed by atoms with van der Waals surface area (Å²) >= 11 is 0. The van der Waals surface area contributed by atoms with Crippen LogP contribution in [0.25, 0.3) is 5.69 Å². The predicted molar refractivity (Wildman–Crippen MR) is 76.0 cm³/mol. The number of nitrogens with one attached hydrogen (secondary N) is 1. The highest BCUT2D eigenvalue weighted by Gasteiger charge is 2.31. The van der Waals surface area contributed by atoms with Crippen molar-refractivity contribution in [2.24, 2.45) is 0 Å². The molecule has 0 unspecified atom stereocenters. The van der Waals surface area contributed by atoms with E-state index >= 15 is 0 Å². The summed E-state index contributed by atoms with van der Waals surface area (Å²) in [5, 5.41) is 13.3. The van der Waals surface area contributed by atoms with Crippen molar-refractivity contribution in [1.29, 1.82) is 0 Å². The van der Waals surface area contributed by atoms with Gasteiger partial charge in [-0.05, 0) is 35.5 Å². The van der Waals surface area contributed by atoms with E-state index in [9.17, 15) is 22.4 Å². The fourth-order valence-corrected chi connectivity index (χ4v) is 1.91. The van der Waals surface area contributed by atoms with E-state index in [4.69, 9.17) is 0 Å². The maximum absolute atomic E-state index is 13.9. The zero-order valence-electron chi connectivity index (χ0n) is 12.8. The number of halogens is 4. The topological polar surface area (TPSA) is 75.9 Å². The molecule has 0 saturated carbocycles. The Hall–Kier alpha value is -2.72. The number of hydrogen-bond donors (Lipinski definition) is 1. The van der Waals surface area contributed by atoms with Crippen LogP contribution < -0.4 is 5.32 Å². The van der Waals surface area contributed by atoms with E-state index in [1.54, 1.807) is 6.92 Å². The minimum Gasteiger partial charge on any atom is -0.376 e. The predicted octanol–water partition coefficient (Wildman–Crippen LogP) is 1.54. The van der Waals surface area contributed by atoms with Crippen LogP contribution in [0, 0.1) is 12.7 Å². The number of carbonyl (C=O) groups is 1. The third-order valence-corrected chi connectivity index (χ3v) is 3.09. The fraction of sp³-hybridized carbons (Fsp3) is 0.385. The molecule has 1 aromatic heterocycles. The van der Waals surface area contributed by atoms with Gasteiger partial charge >= 0.3 is 6.18 Å². The molecule has 7 nitrogen and oxygen atoms in total. The summed E-state index contributed by atoms with van der Waals surface area (Å²) in [6.07, 6.45) is -4.47. The second-order valence-corrected chi connectivity index (χ2v) is 5.02. The van der Waals surface area contributed by atoms with Crippen LogP contribution in [0.2, 0.25) is 0 Å². The van der Waals surface area contributed by atoms with E-state index in [1.807, 2.05) is 0 Å². The molecule has 1 heterocycles. The molecule has 1 N–H and O–H groups in total. The number of anilines is 1. The highest BCUT2D eigenvalue weighted by atomic mass is 19.4. The monoisotopic (exact) mass is 346 g/mol. The molecule has 11 heteroatoms.